The van der Waals surface area contributed by atoms with Gasteiger partial charge in [0, 0.05) is 31.4 Å². The summed E-state index contributed by atoms with van der Waals surface area (Å²) >= 11 is 6.12. The van der Waals surface area contributed by atoms with Crippen LogP contribution < -0.4 is 10.6 Å². The first kappa shape index (κ1) is 11.2. The lowest BCUT2D eigenvalue weighted by Gasteiger charge is -2.25. The van der Waals surface area contributed by atoms with Gasteiger partial charge in [0.2, 0.25) is 0 Å². The minimum Gasteiger partial charge on any atom is -0.388 e. The van der Waals surface area contributed by atoms with Crippen LogP contribution in [0.3, 0.4) is 0 Å². The maximum Gasteiger partial charge on any atom is 0.0923 e. The highest BCUT2D eigenvalue weighted by Gasteiger charge is 2.30. The molecule has 0 unspecified atom stereocenters. The van der Waals surface area contributed by atoms with Gasteiger partial charge in [-0.25, -0.2) is 0 Å². The van der Waals surface area contributed by atoms with Crippen molar-refractivity contribution in [1.29, 1.82) is 5.41 Å². The molecule has 0 bridgehead atoms. The van der Waals surface area contributed by atoms with E-state index in [4.69, 9.17) is 22.7 Å². The number of nitrogens with zero attached hydrogens (tertiary/aromatic N) is 2. The Kier molecular flexibility index (Phi) is 3.29. The second kappa shape index (κ2) is 4.70. The Hall–Kier alpha value is -1.29. The molecule has 1 fully saturated rings. The van der Waals surface area contributed by atoms with E-state index in [0.717, 1.165) is 12.2 Å². The Balaban J connectivity index is 2.12. The fraction of sp³-hybridized carbons (Fsp3) is 0.455. The second-order valence-corrected chi connectivity index (χ2v) is 4.43. The minimum absolute atomic E-state index is 0.218. The van der Waals surface area contributed by atoms with E-state index >= 15 is 0 Å². The topological polar surface area (TPSA) is 66.0 Å². The van der Waals surface area contributed by atoms with Crippen LogP contribution in [-0.4, -0.2) is 23.4 Å². The van der Waals surface area contributed by atoms with Crippen molar-refractivity contribution in [2.75, 3.05) is 11.4 Å². The van der Waals surface area contributed by atoms with Crippen molar-refractivity contribution in [2.45, 2.75) is 25.3 Å². The van der Waals surface area contributed by atoms with Gasteiger partial charge in [0.15, 0.2) is 0 Å². The van der Waals surface area contributed by atoms with Crippen LogP contribution in [0.2, 0.25) is 5.02 Å². The Morgan fingerprint density at radius 3 is 2.94 bits per heavy atom. The maximum atomic E-state index is 7.27. The normalized spacial score (nSPS) is 14.8. The molecule has 0 radical (unpaired) electrons. The Labute approximate surface area is 99.9 Å². The number of amidine groups is 1. The van der Waals surface area contributed by atoms with Gasteiger partial charge in [0.05, 0.1) is 16.5 Å². The van der Waals surface area contributed by atoms with Crippen molar-refractivity contribution in [1.82, 2.24) is 4.98 Å². The number of aromatic nitrogens is 1. The van der Waals surface area contributed by atoms with Crippen LogP contribution in [0.25, 0.3) is 0 Å². The molecule has 4 nitrogen and oxygen atoms in total. The standard InChI is InChI=1S/C11H15ClN4/c12-9-7-15-5-3-10(9)16(8-1-2-8)6-4-11(13)14/h3,5,7-8H,1-2,4,6H2,(H3,13,14). The lowest BCUT2D eigenvalue weighted by atomic mass is 10.3. The summed E-state index contributed by atoms with van der Waals surface area (Å²) in [6, 6.07) is 2.47. The zero-order valence-electron chi connectivity index (χ0n) is 8.99. The third-order valence-electron chi connectivity index (χ3n) is 2.67. The van der Waals surface area contributed by atoms with Crippen molar-refractivity contribution in [3.05, 3.63) is 23.5 Å². The summed E-state index contributed by atoms with van der Waals surface area (Å²) in [6.07, 6.45) is 6.35. The van der Waals surface area contributed by atoms with Crippen molar-refractivity contribution < 1.29 is 0 Å². The van der Waals surface area contributed by atoms with E-state index < -0.39 is 0 Å². The lowest BCUT2D eigenvalue weighted by molar-refractivity contribution is 0.796. The molecule has 1 aromatic rings. The van der Waals surface area contributed by atoms with Crippen molar-refractivity contribution in [3.63, 3.8) is 0 Å². The Morgan fingerprint density at radius 2 is 2.38 bits per heavy atom. The average molecular weight is 239 g/mol. The molecule has 0 spiro atoms. The van der Waals surface area contributed by atoms with Gasteiger partial charge in [0.25, 0.3) is 0 Å². The van der Waals surface area contributed by atoms with Crippen LogP contribution >= 0.6 is 11.6 Å². The number of nitrogens with one attached hydrogen (secondary N) is 1. The molecule has 0 atom stereocenters. The number of hydrogen-bond acceptors (Lipinski definition) is 3. The number of anilines is 1. The third-order valence-corrected chi connectivity index (χ3v) is 2.96. The number of hydrogen-bond donors (Lipinski definition) is 2. The Morgan fingerprint density at radius 1 is 1.62 bits per heavy atom. The van der Waals surface area contributed by atoms with Gasteiger partial charge in [0.1, 0.15) is 0 Å². The molecule has 0 saturated heterocycles. The summed E-state index contributed by atoms with van der Waals surface area (Å²) in [4.78, 5) is 6.20. The Bertz CT molecular complexity index is 389. The molecule has 3 N–H and O–H groups in total. The highest BCUT2D eigenvalue weighted by Crippen LogP contribution is 2.35. The fourth-order valence-electron chi connectivity index (χ4n) is 1.73. The van der Waals surface area contributed by atoms with E-state index in [0.29, 0.717) is 17.5 Å². The van der Waals surface area contributed by atoms with Crippen molar-refractivity contribution >= 4 is 23.1 Å². The largest absolute Gasteiger partial charge is 0.388 e. The first-order valence-corrected chi connectivity index (χ1v) is 5.75. The van der Waals surface area contributed by atoms with Crippen LogP contribution in [0.4, 0.5) is 5.69 Å². The lowest BCUT2D eigenvalue weighted by Crippen LogP contribution is -2.30. The molecule has 0 aromatic carbocycles. The van der Waals surface area contributed by atoms with Gasteiger partial charge in [-0.1, -0.05) is 11.6 Å². The number of pyridine rings is 1. The fourth-order valence-corrected chi connectivity index (χ4v) is 1.96. The van der Waals surface area contributed by atoms with E-state index in [1.165, 1.54) is 12.8 Å². The maximum absolute atomic E-state index is 7.27. The average Bonchev–Trinajstić information content (AvgIpc) is 3.04. The minimum atomic E-state index is 0.218. The summed E-state index contributed by atoms with van der Waals surface area (Å²) < 4.78 is 0. The van der Waals surface area contributed by atoms with Gasteiger partial charge in [-0.2, -0.15) is 0 Å². The summed E-state index contributed by atoms with van der Waals surface area (Å²) in [5.41, 5.74) is 6.39. The predicted octanol–water partition coefficient (Wildman–Crippen LogP) is 2.03. The summed E-state index contributed by atoms with van der Waals surface area (Å²) in [6.45, 7) is 0.754. The van der Waals surface area contributed by atoms with E-state index in [1.54, 1.807) is 12.4 Å². The first-order chi connectivity index (χ1) is 7.68. The summed E-state index contributed by atoms with van der Waals surface area (Å²) in [5, 5.41) is 7.94. The molecule has 0 aliphatic heterocycles. The van der Waals surface area contributed by atoms with Gasteiger partial charge in [-0.3, -0.25) is 10.4 Å². The molecule has 16 heavy (non-hydrogen) atoms. The first-order valence-electron chi connectivity index (χ1n) is 5.37. The molecule has 1 aliphatic rings. The number of halogens is 1. The molecular weight excluding hydrogens is 224 g/mol. The molecule has 5 heteroatoms. The third kappa shape index (κ3) is 2.64. The summed E-state index contributed by atoms with van der Waals surface area (Å²) in [5.74, 6) is 0.218. The SMILES string of the molecule is N=C(N)CCN(c1ccncc1Cl)C1CC1. The van der Waals surface area contributed by atoms with E-state index in [-0.39, 0.29) is 5.84 Å². The van der Waals surface area contributed by atoms with Crippen LogP contribution in [0, 0.1) is 5.41 Å². The molecule has 2 rings (SSSR count). The van der Waals surface area contributed by atoms with Gasteiger partial charge < -0.3 is 10.6 Å². The molecule has 0 amide bonds. The molecule has 1 aromatic heterocycles. The predicted molar refractivity (Wildman–Crippen MR) is 66.1 cm³/mol. The number of rotatable bonds is 5. The van der Waals surface area contributed by atoms with Crippen LogP contribution in [0.5, 0.6) is 0 Å². The van der Waals surface area contributed by atoms with E-state index in [9.17, 15) is 0 Å². The molecule has 1 aliphatic carbocycles. The van der Waals surface area contributed by atoms with E-state index in [1.807, 2.05) is 6.07 Å². The van der Waals surface area contributed by atoms with Gasteiger partial charge in [-0.05, 0) is 18.9 Å². The van der Waals surface area contributed by atoms with Crippen LogP contribution in [0.1, 0.15) is 19.3 Å². The van der Waals surface area contributed by atoms with Crippen LogP contribution in [-0.2, 0) is 0 Å². The molecule has 1 heterocycles. The van der Waals surface area contributed by atoms with Gasteiger partial charge >= 0.3 is 0 Å². The smallest absolute Gasteiger partial charge is 0.0923 e. The summed E-state index contributed by atoms with van der Waals surface area (Å²) in [7, 11) is 0. The van der Waals surface area contributed by atoms with E-state index in [2.05, 4.69) is 9.88 Å². The molecule has 86 valence electrons. The van der Waals surface area contributed by atoms with Crippen LogP contribution in [0.15, 0.2) is 18.5 Å². The second-order valence-electron chi connectivity index (χ2n) is 4.03. The van der Waals surface area contributed by atoms with Gasteiger partial charge in [-0.15, -0.1) is 0 Å². The number of nitrogens with two attached hydrogens (primary N) is 1. The quantitative estimate of drug-likeness (QED) is 0.609. The molecular formula is C11H15ClN4. The zero-order valence-corrected chi connectivity index (χ0v) is 9.74. The van der Waals surface area contributed by atoms with Crippen molar-refractivity contribution in [3.8, 4) is 0 Å². The van der Waals surface area contributed by atoms with Crippen molar-refractivity contribution in [2.24, 2.45) is 5.73 Å². The highest BCUT2D eigenvalue weighted by molar-refractivity contribution is 6.33. The molecule has 1 saturated carbocycles. The zero-order chi connectivity index (χ0) is 11.5. The highest BCUT2D eigenvalue weighted by atomic mass is 35.5. The monoisotopic (exact) mass is 238 g/mol.